The molecule has 2 heterocycles. The lowest BCUT2D eigenvalue weighted by Gasteiger charge is -2.29. The molecule has 0 amide bonds. The van der Waals surface area contributed by atoms with E-state index in [1.807, 2.05) is 6.33 Å². The van der Waals surface area contributed by atoms with E-state index in [0.717, 1.165) is 13.0 Å². The van der Waals surface area contributed by atoms with Crippen LogP contribution >= 0.6 is 0 Å². The van der Waals surface area contributed by atoms with Crippen molar-refractivity contribution in [1.82, 2.24) is 14.9 Å². The molecule has 78 valence electrons. The summed E-state index contributed by atoms with van der Waals surface area (Å²) >= 11 is 0. The van der Waals surface area contributed by atoms with Crippen molar-refractivity contribution in [2.45, 2.75) is 32.7 Å². The number of rotatable bonds is 2. The topological polar surface area (TPSA) is 29.9 Å². The van der Waals surface area contributed by atoms with Crippen molar-refractivity contribution < 1.29 is 0 Å². The fourth-order valence-corrected chi connectivity index (χ4v) is 2.23. The molecule has 3 nitrogen and oxygen atoms in total. The molecule has 0 saturated carbocycles. The van der Waals surface area contributed by atoms with Gasteiger partial charge in [0.25, 0.3) is 0 Å². The first-order valence-corrected chi connectivity index (χ1v) is 5.47. The van der Waals surface area contributed by atoms with E-state index in [-0.39, 0.29) is 0 Å². The minimum Gasteiger partial charge on any atom is -0.336 e. The van der Waals surface area contributed by atoms with Gasteiger partial charge in [-0.05, 0) is 5.92 Å². The van der Waals surface area contributed by atoms with Crippen molar-refractivity contribution in [3.63, 3.8) is 0 Å². The van der Waals surface area contributed by atoms with Gasteiger partial charge in [-0.2, -0.15) is 0 Å². The largest absolute Gasteiger partial charge is 0.336 e. The van der Waals surface area contributed by atoms with Crippen molar-refractivity contribution >= 4 is 0 Å². The lowest BCUT2D eigenvalue weighted by Crippen LogP contribution is -2.34. The van der Waals surface area contributed by atoms with Crippen LogP contribution in [0.3, 0.4) is 0 Å². The molecule has 1 aliphatic heterocycles. The molecule has 0 aliphatic carbocycles. The molecule has 0 radical (unpaired) electrons. The number of imidazole rings is 1. The Bertz CT molecular complexity index is 316. The van der Waals surface area contributed by atoms with Crippen molar-refractivity contribution in [2.75, 3.05) is 6.54 Å². The van der Waals surface area contributed by atoms with E-state index in [0.29, 0.717) is 12.0 Å². The Morgan fingerprint density at radius 2 is 2.50 bits per heavy atom. The summed E-state index contributed by atoms with van der Waals surface area (Å²) in [6.45, 7) is 5.62. The summed E-state index contributed by atoms with van der Waals surface area (Å²) in [4.78, 5) is 4.45. The molecule has 1 aromatic rings. The van der Waals surface area contributed by atoms with Crippen LogP contribution in [-0.4, -0.2) is 16.1 Å². The van der Waals surface area contributed by atoms with E-state index in [1.165, 1.54) is 17.8 Å². The molecule has 3 heteroatoms. The predicted molar refractivity (Wildman–Crippen MR) is 57.1 cm³/mol. The van der Waals surface area contributed by atoms with Crippen LogP contribution in [0, 0.1) is 5.92 Å². The average molecular weight is 193 g/mol. The third-order valence-electron chi connectivity index (χ3n) is 3.30. The Balaban J connectivity index is 2.34. The summed E-state index contributed by atoms with van der Waals surface area (Å²) in [6.07, 6.45) is 4.22. The van der Waals surface area contributed by atoms with Crippen LogP contribution in [0.1, 0.15) is 37.7 Å². The molecule has 2 unspecified atom stereocenters. The SMILES string of the molecule is CCC(C)C1NCCc2ncn(C)c21. The molecule has 2 atom stereocenters. The van der Waals surface area contributed by atoms with E-state index in [4.69, 9.17) is 0 Å². The minimum atomic E-state index is 0.497. The Kier molecular flexibility index (Phi) is 2.59. The van der Waals surface area contributed by atoms with Crippen LogP contribution in [0.2, 0.25) is 0 Å². The normalized spacial score (nSPS) is 23.2. The third kappa shape index (κ3) is 1.46. The number of aryl methyl sites for hydroxylation is 1. The summed E-state index contributed by atoms with van der Waals surface area (Å²) in [5, 5.41) is 3.59. The van der Waals surface area contributed by atoms with Gasteiger partial charge in [-0.15, -0.1) is 0 Å². The van der Waals surface area contributed by atoms with Crippen LogP contribution < -0.4 is 5.32 Å². The second kappa shape index (κ2) is 3.73. The highest BCUT2D eigenvalue weighted by Crippen LogP contribution is 2.29. The van der Waals surface area contributed by atoms with Crippen LogP contribution in [0.15, 0.2) is 6.33 Å². The maximum atomic E-state index is 4.45. The van der Waals surface area contributed by atoms with Gasteiger partial charge in [-0.1, -0.05) is 20.3 Å². The quantitative estimate of drug-likeness (QED) is 0.774. The fourth-order valence-electron chi connectivity index (χ4n) is 2.23. The summed E-state index contributed by atoms with van der Waals surface area (Å²) in [5.41, 5.74) is 2.68. The predicted octanol–water partition coefficient (Wildman–Crippen LogP) is 1.65. The number of aromatic nitrogens is 2. The summed E-state index contributed by atoms with van der Waals surface area (Å²) in [6, 6.07) is 0.497. The zero-order valence-electron chi connectivity index (χ0n) is 9.25. The number of hydrogen-bond acceptors (Lipinski definition) is 2. The van der Waals surface area contributed by atoms with E-state index in [1.54, 1.807) is 0 Å². The van der Waals surface area contributed by atoms with Crippen LogP contribution in [0.25, 0.3) is 0 Å². The zero-order chi connectivity index (χ0) is 10.1. The van der Waals surface area contributed by atoms with Crippen LogP contribution in [0.4, 0.5) is 0 Å². The summed E-state index contributed by atoms with van der Waals surface area (Å²) < 4.78 is 2.16. The first kappa shape index (κ1) is 9.71. The molecular formula is C11H19N3. The van der Waals surface area contributed by atoms with E-state index in [2.05, 4.69) is 35.8 Å². The van der Waals surface area contributed by atoms with Gasteiger partial charge in [0.05, 0.1) is 23.8 Å². The van der Waals surface area contributed by atoms with Gasteiger partial charge in [0.2, 0.25) is 0 Å². The lowest BCUT2D eigenvalue weighted by atomic mass is 9.92. The second-order valence-corrected chi connectivity index (χ2v) is 4.25. The standard InChI is InChI=1S/C11H19N3/c1-4-8(2)10-11-9(5-6-12-10)13-7-14(11)3/h7-8,10,12H,4-6H2,1-3H3. The van der Waals surface area contributed by atoms with Crippen LogP contribution in [0.5, 0.6) is 0 Å². The van der Waals surface area contributed by atoms with Crippen molar-refractivity contribution in [3.8, 4) is 0 Å². The van der Waals surface area contributed by atoms with Gasteiger partial charge in [-0.25, -0.2) is 4.98 Å². The second-order valence-electron chi connectivity index (χ2n) is 4.25. The third-order valence-corrected chi connectivity index (χ3v) is 3.30. The number of nitrogens with zero attached hydrogens (tertiary/aromatic N) is 2. The molecule has 1 aliphatic rings. The van der Waals surface area contributed by atoms with Gasteiger partial charge < -0.3 is 9.88 Å². The number of fused-ring (bicyclic) bond motifs is 1. The van der Waals surface area contributed by atoms with E-state index < -0.39 is 0 Å². The monoisotopic (exact) mass is 193 g/mol. The molecule has 0 spiro atoms. The highest BCUT2D eigenvalue weighted by atomic mass is 15.1. The average Bonchev–Trinajstić information content (AvgIpc) is 2.59. The molecular weight excluding hydrogens is 174 g/mol. The smallest absolute Gasteiger partial charge is 0.0949 e. The Hall–Kier alpha value is -0.830. The Labute approximate surface area is 85.5 Å². The number of hydrogen-bond donors (Lipinski definition) is 1. The highest BCUT2D eigenvalue weighted by molar-refractivity contribution is 5.21. The summed E-state index contributed by atoms with van der Waals surface area (Å²) in [5.74, 6) is 0.685. The summed E-state index contributed by atoms with van der Waals surface area (Å²) in [7, 11) is 2.09. The number of nitrogens with one attached hydrogen (secondary N) is 1. The first-order chi connectivity index (χ1) is 6.74. The van der Waals surface area contributed by atoms with Gasteiger partial charge in [0, 0.05) is 20.0 Å². The Morgan fingerprint density at radius 3 is 3.21 bits per heavy atom. The molecule has 2 rings (SSSR count). The van der Waals surface area contributed by atoms with Gasteiger partial charge in [0.15, 0.2) is 0 Å². The molecule has 0 saturated heterocycles. The first-order valence-electron chi connectivity index (χ1n) is 5.47. The van der Waals surface area contributed by atoms with Gasteiger partial charge >= 0.3 is 0 Å². The highest BCUT2D eigenvalue weighted by Gasteiger charge is 2.27. The van der Waals surface area contributed by atoms with Crippen molar-refractivity contribution in [3.05, 3.63) is 17.7 Å². The Morgan fingerprint density at radius 1 is 1.71 bits per heavy atom. The zero-order valence-corrected chi connectivity index (χ0v) is 9.25. The van der Waals surface area contributed by atoms with Crippen molar-refractivity contribution in [2.24, 2.45) is 13.0 Å². The molecule has 14 heavy (non-hydrogen) atoms. The molecule has 1 aromatic heterocycles. The molecule has 0 aromatic carbocycles. The lowest BCUT2D eigenvalue weighted by molar-refractivity contribution is 0.347. The molecule has 0 bridgehead atoms. The van der Waals surface area contributed by atoms with Crippen LogP contribution in [-0.2, 0) is 13.5 Å². The minimum absolute atomic E-state index is 0.497. The van der Waals surface area contributed by atoms with E-state index in [9.17, 15) is 0 Å². The maximum absolute atomic E-state index is 4.45. The van der Waals surface area contributed by atoms with Gasteiger partial charge in [-0.3, -0.25) is 0 Å². The van der Waals surface area contributed by atoms with Crippen molar-refractivity contribution in [1.29, 1.82) is 0 Å². The fraction of sp³-hybridized carbons (Fsp3) is 0.727. The molecule has 0 fully saturated rings. The molecule has 1 N–H and O–H groups in total. The van der Waals surface area contributed by atoms with Gasteiger partial charge in [0.1, 0.15) is 0 Å². The van der Waals surface area contributed by atoms with E-state index >= 15 is 0 Å². The maximum Gasteiger partial charge on any atom is 0.0949 e.